The van der Waals surface area contributed by atoms with Gasteiger partial charge in [-0.2, -0.15) is 0 Å². The molecule has 0 bridgehead atoms. The highest BCUT2D eigenvalue weighted by Crippen LogP contribution is 2.24. The number of hydrogen-bond acceptors (Lipinski definition) is 3. The molecule has 0 fully saturated rings. The Morgan fingerprint density at radius 3 is 2.67 bits per heavy atom. The van der Waals surface area contributed by atoms with Gasteiger partial charge in [0, 0.05) is 33.1 Å². The third kappa shape index (κ3) is 3.82. The van der Waals surface area contributed by atoms with Gasteiger partial charge in [-0.3, -0.25) is 4.79 Å². The van der Waals surface area contributed by atoms with Gasteiger partial charge in [0.1, 0.15) is 6.04 Å². The standard InChI is InChI=1S/C16H21NO4/c1-21-9-5-4-8-15(18)17-11-13-7-3-2-6-12(13)10-14(17)16(19)20/h2-3,6-7,14H,4-5,8-11H2,1H3,(H,19,20). The summed E-state index contributed by atoms with van der Waals surface area (Å²) >= 11 is 0. The fourth-order valence-electron chi connectivity index (χ4n) is 2.67. The molecular weight excluding hydrogens is 270 g/mol. The molecule has 0 saturated carbocycles. The van der Waals surface area contributed by atoms with E-state index >= 15 is 0 Å². The molecule has 1 N–H and O–H groups in total. The van der Waals surface area contributed by atoms with Crippen LogP contribution in [0.5, 0.6) is 0 Å². The third-order valence-corrected chi connectivity index (χ3v) is 3.84. The van der Waals surface area contributed by atoms with Gasteiger partial charge in [-0.15, -0.1) is 0 Å². The first-order chi connectivity index (χ1) is 10.1. The molecule has 1 amide bonds. The van der Waals surface area contributed by atoms with Crippen LogP contribution in [0.2, 0.25) is 0 Å². The number of fused-ring (bicyclic) bond motifs is 1. The van der Waals surface area contributed by atoms with Gasteiger partial charge in [-0.25, -0.2) is 4.79 Å². The first kappa shape index (κ1) is 15.5. The zero-order valence-corrected chi connectivity index (χ0v) is 12.2. The number of carbonyl (C=O) groups excluding carboxylic acids is 1. The minimum Gasteiger partial charge on any atom is -0.480 e. The Hall–Kier alpha value is -1.88. The molecule has 1 heterocycles. The summed E-state index contributed by atoms with van der Waals surface area (Å²) in [7, 11) is 1.63. The topological polar surface area (TPSA) is 66.8 Å². The Bertz CT molecular complexity index is 515. The Morgan fingerprint density at radius 1 is 1.29 bits per heavy atom. The Balaban J connectivity index is 2.06. The number of rotatable bonds is 6. The third-order valence-electron chi connectivity index (χ3n) is 3.84. The Morgan fingerprint density at radius 2 is 2.00 bits per heavy atom. The van der Waals surface area contributed by atoms with Crippen LogP contribution in [0.1, 0.15) is 30.4 Å². The van der Waals surface area contributed by atoms with Gasteiger partial charge in [0.05, 0.1) is 0 Å². The molecule has 0 spiro atoms. The van der Waals surface area contributed by atoms with Gasteiger partial charge in [-0.05, 0) is 24.0 Å². The summed E-state index contributed by atoms with van der Waals surface area (Å²) in [5.74, 6) is -1.03. The van der Waals surface area contributed by atoms with Crippen LogP contribution in [0.3, 0.4) is 0 Å². The van der Waals surface area contributed by atoms with Crippen LogP contribution in [0, 0.1) is 0 Å². The van der Waals surface area contributed by atoms with E-state index in [9.17, 15) is 14.7 Å². The Kier molecular flexibility index (Phi) is 5.33. The van der Waals surface area contributed by atoms with Crippen LogP contribution in [0.25, 0.3) is 0 Å². The van der Waals surface area contributed by atoms with Crippen LogP contribution in [0.4, 0.5) is 0 Å². The van der Waals surface area contributed by atoms with E-state index in [1.165, 1.54) is 4.90 Å². The van der Waals surface area contributed by atoms with Crippen molar-refractivity contribution in [3.63, 3.8) is 0 Å². The summed E-state index contributed by atoms with van der Waals surface area (Å²) in [5, 5.41) is 9.38. The zero-order valence-electron chi connectivity index (χ0n) is 12.2. The average Bonchev–Trinajstić information content (AvgIpc) is 2.50. The number of hydrogen-bond donors (Lipinski definition) is 1. The van der Waals surface area contributed by atoms with Crippen LogP contribution in [-0.4, -0.2) is 41.6 Å². The summed E-state index contributed by atoms with van der Waals surface area (Å²) in [6.07, 6.45) is 2.28. The quantitative estimate of drug-likeness (QED) is 0.812. The second-order valence-electron chi connectivity index (χ2n) is 5.30. The SMILES string of the molecule is COCCCCC(=O)N1Cc2ccccc2CC1C(=O)O. The van der Waals surface area contributed by atoms with Crippen molar-refractivity contribution in [1.29, 1.82) is 0 Å². The predicted molar refractivity (Wildman–Crippen MR) is 77.8 cm³/mol. The molecular formula is C16H21NO4. The second kappa shape index (κ2) is 7.22. The fraction of sp³-hybridized carbons (Fsp3) is 0.500. The number of benzene rings is 1. The molecule has 1 atom stereocenters. The highest BCUT2D eigenvalue weighted by Gasteiger charge is 2.33. The van der Waals surface area contributed by atoms with Crippen molar-refractivity contribution in [2.45, 2.75) is 38.3 Å². The molecule has 1 aromatic carbocycles. The number of carboxylic acid groups (broad SMARTS) is 1. The van der Waals surface area contributed by atoms with Gasteiger partial charge in [0.15, 0.2) is 0 Å². The zero-order chi connectivity index (χ0) is 15.2. The summed E-state index contributed by atoms with van der Waals surface area (Å²) in [6.45, 7) is 1.01. The van der Waals surface area contributed by atoms with Crippen molar-refractivity contribution in [3.8, 4) is 0 Å². The lowest BCUT2D eigenvalue weighted by atomic mass is 9.93. The molecule has 0 radical (unpaired) electrons. The highest BCUT2D eigenvalue weighted by molar-refractivity contribution is 5.84. The molecule has 0 aromatic heterocycles. The Labute approximate surface area is 124 Å². The van der Waals surface area contributed by atoms with Crippen molar-refractivity contribution in [2.24, 2.45) is 0 Å². The lowest BCUT2D eigenvalue weighted by Crippen LogP contribution is -2.48. The molecule has 21 heavy (non-hydrogen) atoms. The van der Waals surface area contributed by atoms with Crippen molar-refractivity contribution >= 4 is 11.9 Å². The van der Waals surface area contributed by atoms with Crippen molar-refractivity contribution < 1.29 is 19.4 Å². The van der Waals surface area contributed by atoms with Crippen LogP contribution in [0.15, 0.2) is 24.3 Å². The van der Waals surface area contributed by atoms with Gasteiger partial charge in [0.25, 0.3) is 0 Å². The smallest absolute Gasteiger partial charge is 0.326 e. The van der Waals surface area contributed by atoms with E-state index in [0.717, 1.165) is 24.0 Å². The molecule has 114 valence electrons. The number of ether oxygens (including phenoxy) is 1. The van der Waals surface area contributed by atoms with E-state index in [0.29, 0.717) is 26.0 Å². The van der Waals surface area contributed by atoms with Gasteiger partial charge < -0.3 is 14.7 Å². The maximum atomic E-state index is 12.3. The molecule has 5 heteroatoms. The number of aliphatic carboxylic acids is 1. The number of nitrogens with zero attached hydrogens (tertiary/aromatic N) is 1. The van der Waals surface area contributed by atoms with E-state index < -0.39 is 12.0 Å². The van der Waals surface area contributed by atoms with Crippen molar-refractivity contribution in [1.82, 2.24) is 4.90 Å². The van der Waals surface area contributed by atoms with E-state index in [1.54, 1.807) is 7.11 Å². The highest BCUT2D eigenvalue weighted by atomic mass is 16.5. The van der Waals surface area contributed by atoms with Gasteiger partial charge in [-0.1, -0.05) is 24.3 Å². The summed E-state index contributed by atoms with van der Waals surface area (Å²) in [6, 6.07) is 6.96. The van der Waals surface area contributed by atoms with E-state index in [2.05, 4.69) is 0 Å². The number of carboxylic acids is 1. The van der Waals surface area contributed by atoms with Crippen LogP contribution < -0.4 is 0 Å². The van der Waals surface area contributed by atoms with Crippen molar-refractivity contribution in [2.75, 3.05) is 13.7 Å². The lowest BCUT2D eigenvalue weighted by molar-refractivity contribution is -0.151. The first-order valence-electron chi connectivity index (χ1n) is 7.21. The molecule has 0 saturated heterocycles. The maximum absolute atomic E-state index is 12.3. The van der Waals surface area contributed by atoms with Gasteiger partial charge >= 0.3 is 5.97 Å². The molecule has 1 aliphatic rings. The maximum Gasteiger partial charge on any atom is 0.326 e. The largest absolute Gasteiger partial charge is 0.480 e. The number of amides is 1. The van der Waals surface area contributed by atoms with E-state index in [-0.39, 0.29) is 5.91 Å². The number of unbranched alkanes of at least 4 members (excludes halogenated alkanes) is 1. The lowest BCUT2D eigenvalue weighted by Gasteiger charge is -2.34. The average molecular weight is 291 g/mol. The van der Waals surface area contributed by atoms with Crippen molar-refractivity contribution in [3.05, 3.63) is 35.4 Å². The second-order valence-corrected chi connectivity index (χ2v) is 5.30. The van der Waals surface area contributed by atoms with Crippen LogP contribution in [-0.2, 0) is 27.3 Å². The minimum absolute atomic E-state index is 0.0898. The number of methoxy groups -OCH3 is 1. The molecule has 5 nitrogen and oxygen atoms in total. The molecule has 2 rings (SSSR count). The van der Waals surface area contributed by atoms with Gasteiger partial charge in [0.2, 0.25) is 5.91 Å². The summed E-state index contributed by atoms with van der Waals surface area (Å²) < 4.78 is 4.96. The number of carbonyl (C=O) groups is 2. The molecule has 1 aromatic rings. The summed E-state index contributed by atoms with van der Waals surface area (Å²) in [4.78, 5) is 25.2. The van der Waals surface area contributed by atoms with Crippen LogP contribution >= 0.6 is 0 Å². The predicted octanol–water partition coefficient (Wildman–Crippen LogP) is 1.84. The molecule has 0 aliphatic carbocycles. The van der Waals surface area contributed by atoms with E-state index in [4.69, 9.17) is 4.74 Å². The minimum atomic E-state index is -0.935. The fourth-order valence-corrected chi connectivity index (χ4v) is 2.67. The summed E-state index contributed by atoms with van der Waals surface area (Å²) in [5.41, 5.74) is 2.06. The normalized spacial score (nSPS) is 17.4. The monoisotopic (exact) mass is 291 g/mol. The van der Waals surface area contributed by atoms with E-state index in [1.807, 2.05) is 24.3 Å². The molecule has 1 unspecified atom stereocenters. The molecule has 1 aliphatic heterocycles. The first-order valence-corrected chi connectivity index (χ1v) is 7.21.